The monoisotopic (exact) mass is 275 g/mol. The molecule has 4 nitrogen and oxygen atoms in total. The molecule has 16 heavy (non-hydrogen) atoms. The zero-order valence-corrected chi connectivity index (χ0v) is 9.63. The number of aliphatic hydroxyl groups is 1. The fraction of sp³-hybridized carbons (Fsp3) is 0.429. The van der Waals surface area contributed by atoms with Crippen LogP contribution < -0.4 is 4.72 Å². The molecule has 92 valence electrons. The number of aliphatic hydroxyl groups excluding tert-OH is 1. The van der Waals surface area contributed by atoms with Gasteiger partial charge >= 0.3 is 15.5 Å². The van der Waals surface area contributed by atoms with Crippen LogP contribution in [-0.2, 0) is 16.6 Å². The van der Waals surface area contributed by atoms with E-state index in [2.05, 4.69) is 0 Å². The summed E-state index contributed by atoms with van der Waals surface area (Å²) >= 11 is 0.983. The van der Waals surface area contributed by atoms with Crippen molar-refractivity contribution < 1.29 is 26.7 Å². The maximum atomic E-state index is 12.1. The van der Waals surface area contributed by atoms with Crippen LogP contribution in [0.1, 0.15) is 10.4 Å². The lowest BCUT2D eigenvalue weighted by molar-refractivity contribution is -0.0429. The molecule has 1 aromatic rings. The van der Waals surface area contributed by atoms with Crippen LogP contribution in [0.5, 0.6) is 0 Å². The third-order valence-corrected chi connectivity index (χ3v) is 3.91. The number of halogens is 3. The van der Waals surface area contributed by atoms with Gasteiger partial charge in [0.05, 0.1) is 17.2 Å². The Labute approximate surface area is 93.8 Å². The molecule has 1 rings (SSSR count). The Hall–Kier alpha value is -0.800. The summed E-state index contributed by atoms with van der Waals surface area (Å²) in [5, 5.41) is 10.3. The van der Waals surface area contributed by atoms with Gasteiger partial charge in [0.15, 0.2) is 0 Å². The normalized spacial score (nSPS) is 12.8. The lowest BCUT2D eigenvalue weighted by Crippen LogP contribution is -2.30. The fourth-order valence-electron chi connectivity index (χ4n) is 0.943. The molecule has 0 unspecified atom stereocenters. The number of hydrogen-bond acceptors (Lipinski definition) is 4. The summed E-state index contributed by atoms with van der Waals surface area (Å²) in [4.78, 5) is 0.144. The Balaban J connectivity index is 3.11. The average molecular weight is 275 g/mol. The van der Waals surface area contributed by atoms with Crippen LogP contribution >= 0.6 is 11.3 Å². The molecule has 2 N–H and O–H groups in total. The Kier molecular flexibility index (Phi) is 3.50. The highest BCUT2D eigenvalue weighted by Gasteiger charge is 2.46. The van der Waals surface area contributed by atoms with Gasteiger partial charge in [-0.3, -0.25) is 4.72 Å². The van der Waals surface area contributed by atoms with E-state index in [0.29, 0.717) is 5.56 Å². The topological polar surface area (TPSA) is 66.4 Å². The number of aryl methyl sites for hydroxylation is 1. The molecule has 1 heterocycles. The number of nitrogens with one attached hydrogen (secondary N) is 1. The summed E-state index contributed by atoms with van der Waals surface area (Å²) in [5.74, 6) is 0. The van der Waals surface area contributed by atoms with Gasteiger partial charge in [0.2, 0.25) is 0 Å². The van der Waals surface area contributed by atoms with Crippen molar-refractivity contribution in [3.05, 3.63) is 15.8 Å². The van der Waals surface area contributed by atoms with Crippen LogP contribution in [0.25, 0.3) is 0 Å². The Bertz CT molecular complexity index is 478. The maximum absolute atomic E-state index is 12.1. The maximum Gasteiger partial charge on any atom is 0.516 e. The van der Waals surface area contributed by atoms with Gasteiger partial charge < -0.3 is 5.11 Å². The van der Waals surface area contributed by atoms with Crippen molar-refractivity contribution in [3.8, 4) is 0 Å². The van der Waals surface area contributed by atoms with Crippen LogP contribution in [0.2, 0.25) is 0 Å². The number of sulfonamides is 1. The van der Waals surface area contributed by atoms with Gasteiger partial charge in [0.25, 0.3) is 0 Å². The first kappa shape index (κ1) is 13.3. The first-order chi connectivity index (χ1) is 7.19. The summed E-state index contributed by atoms with van der Waals surface area (Å²) in [7, 11) is -5.43. The molecule has 0 aliphatic heterocycles. The molecule has 9 heteroatoms. The van der Waals surface area contributed by atoms with Crippen LogP contribution in [0.4, 0.5) is 18.9 Å². The minimum atomic E-state index is -5.43. The van der Waals surface area contributed by atoms with Gasteiger partial charge in [0, 0.05) is 0 Å². The lowest BCUT2D eigenvalue weighted by atomic mass is 10.3. The molecule has 0 saturated heterocycles. The van der Waals surface area contributed by atoms with Crippen LogP contribution in [0.15, 0.2) is 5.38 Å². The van der Waals surface area contributed by atoms with Crippen molar-refractivity contribution in [3.63, 3.8) is 0 Å². The zero-order chi connectivity index (χ0) is 12.6. The smallest absolute Gasteiger partial charge is 0.391 e. The number of alkyl halides is 3. The quantitative estimate of drug-likeness (QED) is 0.884. The molecule has 0 amide bonds. The molecule has 0 aliphatic carbocycles. The third kappa shape index (κ3) is 2.47. The first-order valence-corrected chi connectivity index (χ1v) is 6.32. The highest BCUT2D eigenvalue weighted by atomic mass is 32.2. The van der Waals surface area contributed by atoms with Crippen LogP contribution in [0.3, 0.4) is 0 Å². The van der Waals surface area contributed by atoms with Crippen molar-refractivity contribution in [1.29, 1.82) is 0 Å². The zero-order valence-electron chi connectivity index (χ0n) is 8.00. The predicted octanol–water partition coefficient (Wildman–Crippen LogP) is 1.81. The molecule has 0 fully saturated rings. The van der Waals surface area contributed by atoms with E-state index >= 15 is 0 Å². The summed E-state index contributed by atoms with van der Waals surface area (Å²) in [5.41, 5.74) is -5.24. The summed E-state index contributed by atoms with van der Waals surface area (Å²) in [6.45, 7) is 0.929. The van der Waals surface area contributed by atoms with E-state index in [-0.39, 0.29) is 10.6 Å². The van der Waals surface area contributed by atoms with Gasteiger partial charge in [-0.15, -0.1) is 11.3 Å². The standard InChI is InChI=1S/C7H8F3NO3S2/c1-4-3-15-5(2-12)6(4)11-16(13,14)7(8,9)10/h3,11-12H,2H2,1H3. The van der Waals surface area contributed by atoms with E-state index in [1.807, 2.05) is 0 Å². The summed E-state index contributed by atoms with van der Waals surface area (Å²) < 4.78 is 59.3. The Morgan fingerprint density at radius 3 is 2.50 bits per heavy atom. The molecule has 1 aromatic heterocycles. The van der Waals surface area contributed by atoms with Crippen molar-refractivity contribution in [2.24, 2.45) is 0 Å². The highest BCUT2D eigenvalue weighted by Crippen LogP contribution is 2.32. The van der Waals surface area contributed by atoms with Gasteiger partial charge in [-0.1, -0.05) is 0 Å². The van der Waals surface area contributed by atoms with E-state index in [0.717, 1.165) is 11.3 Å². The van der Waals surface area contributed by atoms with Crippen molar-refractivity contribution in [2.75, 3.05) is 4.72 Å². The molecule has 0 radical (unpaired) electrons. The molecule has 0 aliphatic rings. The van der Waals surface area contributed by atoms with E-state index < -0.39 is 22.1 Å². The largest absolute Gasteiger partial charge is 0.516 e. The molecule has 0 spiro atoms. The minimum absolute atomic E-state index is 0.144. The minimum Gasteiger partial charge on any atom is -0.391 e. The van der Waals surface area contributed by atoms with E-state index in [1.54, 1.807) is 0 Å². The average Bonchev–Trinajstić information content (AvgIpc) is 2.45. The van der Waals surface area contributed by atoms with Gasteiger partial charge in [-0.2, -0.15) is 21.6 Å². The molecular formula is C7H8F3NO3S2. The molecule has 0 saturated carbocycles. The van der Waals surface area contributed by atoms with Crippen molar-refractivity contribution >= 4 is 27.0 Å². The molecule has 0 atom stereocenters. The Morgan fingerprint density at radius 1 is 1.50 bits per heavy atom. The number of rotatable bonds is 3. The van der Waals surface area contributed by atoms with Crippen molar-refractivity contribution in [1.82, 2.24) is 0 Å². The van der Waals surface area contributed by atoms with Crippen LogP contribution in [-0.4, -0.2) is 19.0 Å². The second-order valence-corrected chi connectivity index (χ2v) is 5.56. The number of anilines is 1. The van der Waals surface area contributed by atoms with E-state index in [4.69, 9.17) is 5.11 Å². The predicted molar refractivity (Wildman–Crippen MR) is 53.6 cm³/mol. The van der Waals surface area contributed by atoms with E-state index in [1.165, 1.54) is 17.0 Å². The van der Waals surface area contributed by atoms with Gasteiger partial charge in [-0.25, -0.2) is 0 Å². The summed E-state index contributed by atoms with van der Waals surface area (Å²) in [6.07, 6.45) is 0. The first-order valence-electron chi connectivity index (χ1n) is 3.96. The fourth-order valence-corrected chi connectivity index (χ4v) is 2.52. The van der Waals surface area contributed by atoms with E-state index in [9.17, 15) is 21.6 Å². The van der Waals surface area contributed by atoms with Gasteiger partial charge in [-0.05, 0) is 17.9 Å². The van der Waals surface area contributed by atoms with Gasteiger partial charge in [0.1, 0.15) is 0 Å². The SMILES string of the molecule is Cc1csc(CO)c1NS(=O)(=O)C(F)(F)F. The van der Waals surface area contributed by atoms with Crippen LogP contribution in [0, 0.1) is 6.92 Å². The second-order valence-electron chi connectivity index (χ2n) is 2.93. The third-order valence-electron chi connectivity index (χ3n) is 1.74. The van der Waals surface area contributed by atoms with Crippen molar-refractivity contribution in [2.45, 2.75) is 19.0 Å². The Morgan fingerprint density at radius 2 is 2.06 bits per heavy atom. The lowest BCUT2D eigenvalue weighted by Gasteiger charge is -2.11. The molecule has 0 bridgehead atoms. The molecular weight excluding hydrogens is 267 g/mol. The number of hydrogen-bond donors (Lipinski definition) is 2. The highest BCUT2D eigenvalue weighted by molar-refractivity contribution is 7.93. The number of thiophene rings is 1. The summed E-state index contributed by atoms with van der Waals surface area (Å²) in [6, 6.07) is 0. The molecule has 0 aromatic carbocycles. The second kappa shape index (κ2) is 4.22.